The summed E-state index contributed by atoms with van der Waals surface area (Å²) in [4.78, 5) is 25.8. The van der Waals surface area contributed by atoms with E-state index in [1.165, 1.54) is 0 Å². The van der Waals surface area contributed by atoms with Crippen molar-refractivity contribution in [2.75, 3.05) is 18.5 Å². The first-order valence-corrected chi connectivity index (χ1v) is 9.13. The van der Waals surface area contributed by atoms with Crippen molar-refractivity contribution >= 4 is 17.5 Å². The molecule has 1 aliphatic heterocycles. The molecule has 0 saturated carbocycles. The van der Waals surface area contributed by atoms with E-state index in [4.69, 9.17) is 10.5 Å². The highest BCUT2D eigenvalue weighted by molar-refractivity contribution is 5.91. The van der Waals surface area contributed by atoms with Crippen molar-refractivity contribution in [2.45, 2.75) is 32.4 Å². The van der Waals surface area contributed by atoms with Gasteiger partial charge in [-0.2, -0.15) is 0 Å². The second kappa shape index (κ2) is 8.68. The summed E-state index contributed by atoms with van der Waals surface area (Å²) in [6.45, 7) is 3.41. The van der Waals surface area contributed by atoms with Gasteiger partial charge in [-0.05, 0) is 61.7 Å². The highest BCUT2D eigenvalue weighted by Gasteiger charge is 2.28. The van der Waals surface area contributed by atoms with Crippen LogP contribution in [0.4, 0.5) is 5.69 Å². The zero-order chi connectivity index (χ0) is 19.2. The molecule has 2 aromatic carbocycles. The number of amides is 2. The van der Waals surface area contributed by atoms with Crippen molar-refractivity contribution in [3.8, 4) is 5.75 Å². The number of nitrogens with two attached hydrogens (primary N) is 1. The minimum Gasteiger partial charge on any atom is -0.484 e. The van der Waals surface area contributed by atoms with E-state index in [0.29, 0.717) is 18.0 Å². The minimum absolute atomic E-state index is 0.0520. The van der Waals surface area contributed by atoms with Crippen LogP contribution in [-0.4, -0.2) is 35.9 Å². The quantitative estimate of drug-likeness (QED) is 0.787. The number of nitrogens with zero attached hydrogens (tertiary/aromatic N) is 1. The van der Waals surface area contributed by atoms with E-state index < -0.39 is 0 Å². The Labute approximate surface area is 159 Å². The zero-order valence-electron chi connectivity index (χ0n) is 15.5. The van der Waals surface area contributed by atoms with Gasteiger partial charge in [0, 0.05) is 12.2 Å². The van der Waals surface area contributed by atoms with E-state index in [1.54, 1.807) is 0 Å². The Kier molecular flexibility index (Phi) is 6.08. The maximum atomic E-state index is 12.2. The molecule has 3 rings (SSSR count). The number of likely N-dealkylation sites (tertiary alicyclic amines) is 1. The Hall–Kier alpha value is -2.86. The Morgan fingerprint density at radius 1 is 1.22 bits per heavy atom. The van der Waals surface area contributed by atoms with Crippen LogP contribution in [-0.2, 0) is 16.1 Å². The number of carbonyl (C=O) groups is 2. The lowest BCUT2D eigenvalue weighted by atomic mass is 10.1. The van der Waals surface area contributed by atoms with Crippen molar-refractivity contribution in [1.82, 2.24) is 4.90 Å². The monoisotopic (exact) mass is 367 g/mol. The fourth-order valence-electron chi connectivity index (χ4n) is 3.37. The van der Waals surface area contributed by atoms with Crippen molar-refractivity contribution in [1.29, 1.82) is 0 Å². The average Bonchev–Trinajstić information content (AvgIpc) is 3.09. The SMILES string of the molecule is Cc1cccc(OCC(=O)Nc2cccc(CN3CCC[C@@H]3C(N)=O)c2)c1. The number of aryl methyl sites for hydroxylation is 1. The summed E-state index contributed by atoms with van der Waals surface area (Å²) in [5, 5.41) is 2.85. The van der Waals surface area contributed by atoms with Crippen molar-refractivity contribution in [2.24, 2.45) is 5.73 Å². The lowest BCUT2D eigenvalue weighted by molar-refractivity contribution is -0.122. The van der Waals surface area contributed by atoms with Crippen molar-refractivity contribution in [3.05, 3.63) is 59.7 Å². The van der Waals surface area contributed by atoms with Crippen LogP contribution in [0.2, 0.25) is 0 Å². The van der Waals surface area contributed by atoms with E-state index in [2.05, 4.69) is 10.2 Å². The Morgan fingerprint density at radius 3 is 2.81 bits per heavy atom. The molecule has 0 aromatic heterocycles. The summed E-state index contributed by atoms with van der Waals surface area (Å²) in [6, 6.07) is 15.0. The molecule has 0 radical (unpaired) electrons. The lowest BCUT2D eigenvalue weighted by Crippen LogP contribution is -2.39. The third-order valence-corrected chi connectivity index (χ3v) is 4.65. The Morgan fingerprint density at radius 2 is 2.04 bits per heavy atom. The van der Waals surface area contributed by atoms with Crippen LogP contribution in [0.1, 0.15) is 24.0 Å². The van der Waals surface area contributed by atoms with Crippen molar-refractivity contribution < 1.29 is 14.3 Å². The second-order valence-electron chi connectivity index (χ2n) is 6.88. The van der Waals surface area contributed by atoms with E-state index in [-0.39, 0.29) is 24.5 Å². The molecule has 1 aliphatic rings. The fraction of sp³-hybridized carbons (Fsp3) is 0.333. The van der Waals surface area contributed by atoms with Crippen LogP contribution in [0.25, 0.3) is 0 Å². The van der Waals surface area contributed by atoms with Gasteiger partial charge in [0.05, 0.1) is 6.04 Å². The standard InChI is InChI=1S/C21H25N3O3/c1-15-5-2-8-18(11-15)27-14-20(25)23-17-7-3-6-16(12-17)13-24-10-4-9-19(24)21(22)26/h2-3,5-8,11-12,19H,4,9-10,13-14H2,1H3,(H2,22,26)(H,23,25)/t19-/m1/s1. The number of hydrogen-bond donors (Lipinski definition) is 2. The molecule has 1 atom stereocenters. The van der Waals surface area contributed by atoms with Gasteiger partial charge < -0.3 is 15.8 Å². The number of nitrogens with one attached hydrogen (secondary N) is 1. The Bertz CT molecular complexity index is 822. The molecule has 2 amide bonds. The van der Waals surface area contributed by atoms with E-state index in [1.807, 2.05) is 55.5 Å². The van der Waals surface area contributed by atoms with Crippen LogP contribution in [0.5, 0.6) is 5.75 Å². The van der Waals surface area contributed by atoms with Gasteiger partial charge in [-0.25, -0.2) is 0 Å². The summed E-state index contributed by atoms with van der Waals surface area (Å²) in [6.07, 6.45) is 1.78. The van der Waals surface area contributed by atoms with Gasteiger partial charge in [-0.3, -0.25) is 14.5 Å². The van der Waals surface area contributed by atoms with Gasteiger partial charge in [0.1, 0.15) is 5.75 Å². The molecule has 0 unspecified atom stereocenters. The number of anilines is 1. The predicted molar refractivity (Wildman–Crippen MR) is 104 cm³/mol. The molecule has 6 heteroatoms. The first kappa shape index (κ1) is 18.9. The molecule has 0 bridgehead atoms. The molecule has 0 aliphatic carbocycles. The largest absolute Gasteiger partial charge is 0.484 e. The molecule has 1 fully saturated rings. The highest BCUT2D eigenvalue weighted by atomic mass is 16.5. The highest BCUT2D eigenvalue weighted by Crippen LogP contribution is 2.21. The third-order valence-electron chi connectivity index (χ3n) is 4.65. The Balaban J connectivity index is 1.55. The minimum atomic E-state index is -0.273. The summed E-state index contributed by atoms with van der Waals surface area (Å²) in [7, 11) is 0. The second-order valence-corrected chi connectivity index (χ2v) is 6.88. The van der Waals surface area contributed by atoms with Crippen LogP contribution < -0.4 is 15.8 Å². The number of benzene rings is 2. The van der Waals surface area contributed by atoms with Gasteiger partial charge in [-0.1, -0.05) is 24.3 Å². The fourth-order valence-corrected chi connectivity index (χ4v) is 3.37. The number of carbonyl (C=O) groups excluding carboxylic acids is 2. The normalized spacial score (nSPS) is 16.9. The first-order chi connectivity index (χ1) is 13.0. The topological polar surface area (TPSA) is 84.7 Å². The molecular weight excluding hydrogens is 342 g/mol. The molecule has 1 heterocycles. The molecule has 6 nitrogen and oxygen atoms in total. The summed E-state index contributed by atoms with van der Waals surface area (Å²) in [5.41, 5.74) is 8.29. The number of rotatable bonds is 7. The molecule has 1 saturated heterocycles. The predicted octanol–water partition coefficient (Wildman–Crippen LogP) is 2.46. The molecule has 142 valence electrons. The average molecular weight is 367 g/mol. The molecule has 0 spiro atoms. The third kappa shape index (κ3) is 5.31. The molecule has 27 heavy (non-hydrogen) atoms. The molecule has 2 aromatic rings. The smallest absolute Gasteiger partial charge is 0.262 e. The number of primary amides is 1. The lowest BCUT2D eigenvalue weighted by Gasteiger charge is -2.22. The first-order valence-electron chi connectivity index (χ1n) is 9.13. The van der Waals surface area contributed by atoms with Crippen LogP contribution in [0.3, 0.4) is 0 Å². The van der Waals surface area contributed by atoms with E-state index in [9.17, 15) is 9.59 Å². The van der Waals surface area contributed by atoms with E-state index in [0.717, 1.165) is 30.5 Å². The zero-order valence-corrected chi connectivity index (χ0v) is 15.5. The molecule has 3 N–H and O–H groups in total. The number of hydrogen-bond acceptors (Lipinski definition) is 4. The maximum Gasteiger partial charge on any atom is 0.262 e. The molecular formula is C21H25N3O3. The van der Waals surface area contributed by atoms with Gasteiger partial charge in [0.2, 0.25) is 5.91 Å². The summed E-state index contributed by atoms with van der Waals surface area (Å²) >= 11 is 0. The van der Waals surface area contributed by atoms with Crippen molar-refractivity contribution in [3.63, 3.8) is 0 Å². The summed E-state index contributed by atoms with van der Waals surface area (Å²) < 4.78 is 5.53. The van der Waals surface area contributed by atoms with Gasteiger partial charge in [0.25, 0.3) is 5.91 Å². The van der Waals surface area contributed by atoms with Crippen LogP contribution >= 0.6 is 0 Å². The summed E-state index contributed by atoms with van der Waals surface area (Å²) in [5.74, 6) is 0.181. The number of ether oxygens (including phenoxy) is 1. The van der Waals surface area contributed by atoms with Gasteiger partial charge in [-0.15, -0.1) is 0 Å². The van der Waals surface area contributed by atoms with E-state index >= 15 is 0 Å². The van der Waals surface area contributed by atoms with Gasteiger partial charge in [0.15, 0.2) is 6.61 Å². The maximum absolute atomic E-state index is 12.2. The van der Waals surface area contributed by atoms with Crippen LogP contribution in [0.15, 0.2) is 48.5 Å². The van der Waals surface area contributed by atoms with Gasteiger partial charge >= 0.3 is 0 Å². The van der Waals surface area contributed by atoms with Crippen LogP contribution in [0, 0.1) is 6.92 Å².